The Balaban J connectivity index is 1.46. The molecule has 3 aromatic carbocycles. The number of amides is 4. The maximum Gasteiger partial charge on any atom is 0.305 e. The highest BCUT2D eigenvalue weighted by atomic mass is 35.5. The lowest BCUT2D eigenvalue weighted by atomic mass is 9.49. The third kappa shape index (κ3) is 5.22. The van der Waals surface area contributed by atoms with Gasteiger partial charge in [-0.25, -0.2) is 0 Å². The number of phenolic OH excluding ortho intramolecular Hbond substituents is 1. The molecule has 3 aromatic rings. The molecule has 4 aliphatic rings. The first-order valence-electron chi connectivity index (χ1n) is 16.3. The van der Waals surface area contributed by atoms with E-state index in [0.29, 0.717) is 21.9 Å². The molecule has 3 fully saturated rings. The van der Waals surface area contributed by atoms with Crippen LogP contribution in [0.3, 0.4) is 0 Å². The number of fused-ring (bicyclic) bond motifs is 4. The smallest absolute Gasteiger partial charge is 0.305 e. The quantitative estimate of drug-likeness (QED) is 0.197. The van der Waals surface area contributed by atoms with E-state index >= 15 is 4.79 Å². The van der Waals surface area contributed by atoms with E-state index < -0.39 is 71.0 Å². The molecule has 2 aliphatic heterocycles. The molecule has 0 spiro atoms. The number of carbonyl (C=O) groups excluding carboxylic acids is 4. The third-order valence-electron chi connectivity index (χ3n) is 10.8. The van der Waals surface area contributed by atoms with Gasteiger partial charge in [0.1, 0.15) is 17.2 Å². The van der Waals surface area contributed by atoms with Gasteiger partial charge in [0, 0.05) is 23.0 Å². The number of ether oxygens (including phenoxy) is 2. The van der Waals surface area contributed by atoms with Gasteiger partial charge in [0.05, 0.1) is 54.5 Å². The third-order valence-corrected chi connectivity index (χ3v) is 11.3. The largest absolute Gasteiger partial charge is 0.508 e. The maximum atomic E-state index is 15.3. The molecule has 3 N–H and O–H groups in total. The first-order valence-corrected chi connectivity index (χ1v) is 17.1. The zero-order chi connectivity index (χ0) is 36.4. The van der Waals surface area contributed by atoms with Crippen LogP contribution in [-0.2, 0) is 29.4 Å². The van der Waals surface area contributed by atoms with Crippen LogP contribution in [0.1, 0.15) is 36.3 Å². The van der Waals surface area contributed by atoms with Crippen LogP contribution in [0.25, 0.3) is 0 Å². The number of methoxy groups -OCH3 is 2. The number of nitrogens with one attached hydrogen (secondary N) is 1. The summed E-state index contributed by atoms with van der Waals surface area (Å²) in [5.41, 5.74) is 2.74. The van der Waals surface area contributed by atoms with Crippen molar-refractivity contribution in [3.05, 3.63) is 93.5 Å². The average molecular weight is 735 g/mol. The van der Waals surface area contributed by atoms with Gasteiger partial charge in [0.2, 0.25) is 11.8 Å². The Morgan fingerprint density at radius 1 is 0.961 bits per heavy atom. The molecule has 14 heteroatoms. The number of carboxylic acid groups (broad SMARTS) is 1. The summed E-state index contributed by atoms with van der Waals surface area (Å²) in [4.78, 5) is 70.2. The van der Waals surface area contributed by atoms with Gasteiger partial charge in [-0.2, -0.15) is 5.01 Å². The summed E-state index contributed by atoms with van der Waals surface area (Å²) in [6, 6.07) is 16.0. The van der Waals surface area contributed by atoms with Gasteiger partial charge in [-0.3, -0.25) is 34.3 Å². The van der Waals surface area contributed by atoms with Gasteiger partial charge in [-0.05, 0) is 66.8 Å². The number of hydrogen-bond acceptors (Lipinski definition) is 9. The van der Waals surface area contributed by atoms with Crippen LogP contribution in [0.15, 0.2) is 72.3 Å². The highest BCUT2D eigenvalue weighted by molar-refractivity contribution is 6.36. The standard InChI is InChI=1S/C37H33Cl2N3O9/c1-50-20-9-6-18(7-10-20)37-24(34(47)42(36(37)49)40-26-13-8-19(38)16-25(26)39)17-23-21(32(37)31-27(43)4-3-5-28(31)51-2)11-12-22-30(23)35(48)41(33(22)46)15-14-29(44)45/h3-11,13,16,22-24,30,32,40,43H,12,14-15,17H2,1-2H3,(H,44,45). The normalized spacial score (nSPS) is 26.7. The van der Waals surface area contributed by atoms with E-state index in [1.54, 1.807) is 42.5 Å². The summed E-state index contributed by atoms with van der Waals surface area (Å²) >= 11 is 12.6. The van der Waals surface area contributed by atoms with Crippen LogP contribution in [0.5, 0.6) is 17.2 Å². The van der Waals surface area contributed by atoms with E-state index in [1.165, 1.54) is 32.4 Å². The lowest BCUT2D eigenvalue weighted by Gasteiger charge is -2.50. The van der Waals surface area contributed by atoms with Crippen molar-refractivity contribution in [2.24, 2.45) is 23.7 Å². The van der Waals surface area contributed by atoms with Crippen LogP contribution in [-0.4, -0.2) is 70.5 Å². The minimum Gasteiger partial charge on any atom is -0.508 e. The number of likely N-dealkylation sites (tertiary alicyclic amines) is 1. The molecule has 2 aliphatic carbocycles. The minimum absolute atomic E-state index is 0.00562. The SMILES string of the molecule is COc1ccc(C23C(=O)N(Nc4ccc(Cl)cc4Cl)C(=O)C2CC2C(=CCC4C(=O)N(CCC(=O)O)C(=O)C42)C3c2c(O)cccc2OC)cc1. The van der Waals surface area contributed by atoms with Crippen molar-refractivity contribution in [3.8, 4) is 17.2 Å². The molecule has 51 heavy (non-hydrogen) atoms. The molecular formula is C37H33Cl2N3O9. The first kappa shape index (κ1) is 34.4. The molecule has 7 rings (SSSR count). The van der Waals surface area contributed by atoms with Gasteiger partial charge in [0.15, 0.2) is 0 Å². The van der Waals surface area contributed by atoms with Gasteiger partial charge in [0.25, 0.3) is 11.8 Å². The van der Waals surface area contributed by atoms with E-state index in [1.807, 2.05) is 6.08 Å². The van der Waals surface area contributed by atoms with Crippen LogP contribution < -0.4 is 14.9 Å². The van der Waals surface area contributed by atoms with Gasteiger partial charge in [-0.15, -0.1) is 0 Å². The molecule has 1 saturated carbocycles. The number of carbonyl (C=O) groups is 5. The molecule has 2 heterocycles. The molecule has 6 atom stereocenters. The molecular weight excluding hydrogens is 701 g/mol. The van der Waals surface area contributed by atoms with E-state index in [0.717, 1.165) is 9.91 Å². The fourth-order valence-corrected chi connectivity index (χ4v) is 9.10. The monoisotopic (exact) mass is 733 g/mol. The average Bonchev–Trinajstić information content (AvgIpc) is 3.48. The van der Waals surface area contributed by atoms with Gasteiger partial charge >= 0.3 is 5.97 Å². The number of halogens is 2. The lowest BCUT2D eigenvalue weighted by Crippen LogP contribution is -2.53. The summed E-state index contributed by atoms with van der Waals surface area (Å²) < 4.78 is 11.2. The zero-order valence-electron chi connectivity index (χ0n) is 27.5. The molecule has 12 nitrogen and oxygen atoms in total. The number of hydrogen-bond donors (Lipinski definition) is 3. The number of phenols is 1. The van der Waals surface area contributed by atoms with Crippen LogP contribution in [0, 0.1) is 23.7 Å². The number of aromatic hydroxyl groups is 1. The van der Waals surface area contributed by atoms with Crippen molar-refractivity contribution < 1.29 is 43.7 Å². The lowest BCUT2D eigenvalue weighted by molar-refractivity contribution is -0.143. The Morgan fingerprint density at radius 2 is 1.71 bits per heavy atom. The predicted molar refractivity (Wildman–Crippen MR) is 184 cm³/mol. The molecule has 6 unspecified atom stereocenters. The van der Waals surface area contributed by atoms with Crippen LogP contribution >= 0.6 is 23.2 Å². The Morgan fingerprint density at radius 3 is 2.37 bits per heavy atom. The topological polar surface area (TPSA) is 163 Å². The van der Waals surface area contributed by atoms with Crippen molar-refractivity contribution in [1.82, 2.24) is 9.91 Å². The fourth-order valence-electron chi connectivity index (χ4n) is 8.65. The second-order valence-electron chi connectivity index (χ2n) is 13.1. The molecule has 2 saturated heterocycles. The Kier molecular flexibility index (Phi) is 8.71. The number of carboxylic acids is 1. The second-order valence-corrected chi connectivity index (χ2v) is 13.9. The predicted octanol–water partition coefficient (Wildman–Crippen LogP) is 5.18. The maximum absolute atomic E-state index is 15.3. The highest BCUT2D eigenvalue weighted by Gasteiger charge is 2.71. The van der Waals surface area contributed by atoms with Crippen LogP contribution in [0.2, 0.25) is 10.0 Å². The fraction of sp³-hybridized carbons (Fsp3) is 0.324. The van der Waals surface area contributed by atoms with Gasteiger partial charge < -0.3 is 19.7 Å². The van der Waals surface area contributed by atoms with Crippen molar-refractivity contribution in [3.63, 3.8) is 0 Å². The van der Waals surface area contributed by atoms with Crippen molar-refractivity contribution in [2.75, 3.05) is 26.2 Å². The van der Waals surface area contributed by atoms with E-state index in [2.05, 4.69) is 5.43 Å². The number of benzene rings is 3. The van der Waals surface area contributed by atoms with E-state index in [9.17, 15) is 29.4 Å². The minimum atomic E-state index is -1.70. The summed E-state index contributed by atoms with van der Waals surface area (Å²) in [6.07, 6.45) is 1.54. The number of allylic oxidation sites excluding steroid dienone is 2. The Labute approximate surface area is 302 Å². The summed E-state index contributed by atoms with van der Waals surface area (Å²) in [7, 11) is 2.94. The van der Waals surface area contributed by atoms with Crippen molar-refractivity contribution in [1.29, 1.82) is 0 Å². The number of anilines is 1. The van der Waals surface area contributed by atoms with E-state index in [4.69, 9.17) is 32.7 Å². The molecule has 264 valence electrons. The Bertz CT molecular complexity index is 2020. The van der Waals surface area contributed by atoms with Crippen molar-refractivity contribution >= 4 is 58.5 Å². The highest BCUT2D eigenvalue weighted by Crippen LogP contribution is 2.66. The molecule has 0 aromatic heterocycles. The summed E-state index contributed by atoms with van der Waals surface area (Å²) in [5, 5.41) is 22.4. The number of rotatable bonds is 9. The zero-order valence-corrected chi connectivity index (χ0v) is 29.0. The van der Waals surface area contributed by atoms with Gasteiger partial charge in [-0.1, -0.05) is 53.1 Å². The number of aliphatic carboxylic acids is 1. The summed E-state index contributed by atoms with van der Waals surface area (Å²) in [5.74, 6) is -7.45. The molecule has 0 bridgehead atoms. The number of nitrogens with zero attached hydrogens (tertiary/aromatic N) is 2. The first-order chi connectivity index (χ1) is 24.4. The molecule has 0 radical (unpaired) electrons. The number of imide groups is 2. The summed E-state index contributed by atoms with van der Waals surface area (Å²) in [6.45, 7) is -0.283. The van der Waals surface area contributed by atoms with Crippen molar-refractivity contribution in [2.45, 2.75) is 30.6 Å². The molecule has 4 amide bonds. The van der Waals surface area contributed by atoms with E-state index in [-0.39, 0.29) is 47.2 Å². The van der Waals surface area contributed by atoms with Crippen LogP contribution in [0.4, 0.5) is 5.69 Å². The number of hydrazine groups is 1. The second kappa shape index (κ2) is 12.9. The Hall–Kier alpha value is -5.07.